The largest absolute Gasteiger partial charge is 0.507 e. The maximum atomic E-state index is 13.1. The predicted molar refractivity (Wildman–Crippen MR) is 122 cm³/mol. The number of rotatable bonds is 5. The van der Waals surface area contributed by atoms with E-state index in [0.29, 0.717) is 34.1 Å². The van der Waals surface area contributed by atoms with Gasteiger partial charge in [0.2, 0.25) is 0 Å². The third-order valence-corrected chi connectivity index (χ3v) is 5.25. The van der Waals surface area contributed by atoms with Gasteiger partial charge in [0.25, 0.3) is 11.7 Å². The lowest BCUT2D eigenvalue weighted by Gasteiger charge is -2.23. The van der Waals surface area contributed by atoms with E-state index in [4.69, 9.17) is 14.4 Å². The average Bonchev–Trinajstić information content (AvgIpc) is 3.34. The molecule has 1 saturated heterocycles. The van der Waals surface area contributed by atoms with E-state index in [-0.39, 0.29) is 17.4 Å². The van der Waals surface area contributed by atoms with Crippen LogP contribution < -0.4 is 9.64 Å². The van der Waals surface area contributed by atoms with Gasteiger partial charge in [0.15, 0.2) is 0 Å². The van der Waals surface area contributed by atoms with Crippen molar-refractivity contribution in [3.8, 4) is 11.8 Å². The smallest absolute Gasteiger partial charge is 0.300 e. The number of Topliss-reactive ketones (excluding diaryl/α,β-unsaturated/α-hetero) is 1. The van der Waals surface area contributed by atoms with Gasteiger partial charge in [0.1, 0.15) is 29.1 Å². The van der Waals surface area contributed by atoms with E-state index in [1.165, 1.54) is 4.90 Å². The molecule has 7 heteroatoms. The summed E-state index contributed by atoms with van der Waals surface area (Å²) >= 11 is 0. The number of ether oxygens (including phenoxy) is 1. The summed E-state index contributed by atoms with van der Waals surface area (Å²) in [5, 5.41) is 20.2. The van der Waals surface area contributed by atoms with Crippen LogP contribution in [0.3, 0.4) is 0 Å². The van der Waals surface area contributed by atoms with Crippen molar-refractivity contribution in [2.75, 3.05) is 4.90 Å². The summed E-state index contributed by atoms with van der Waals surface area (Å²) in [5.41, 5.74) is 1.13. The van der Waals surface area contributed by atoms with Gasteiger partial charge < -0.3 is 14.3 Å². The molecule has 1 aliphatic heterocycles. The minimum atomic E-state index is -0.960. The average molecular weight is 442 g/mol. The second-order valence-corrected chi connectivity index (χ2v) is 7.97. The summed E-state index contributed by atoms with van der Waals surface area (Å²) in [7, 11) is 0. The van der Waals surface area contributed by atoms with Gasteiger partial charge in [0.05, 0.1) is 23.3 Å². The first-order valence-electron chi connectivity index (χ1n) is 10.4. The Bertz CT molecular complexity index is 1280. The molecule has 0 aliphatic carbocycles. The van der Waals surface area contributed by atoms with Gasteiger partial charge in [-0.25, -0.2) is 0 Å². The highest BCUT2D eigenvalue weighted by Crippen LogP contribution is 2.42. The lowest BCUT2D eigenvalue weighted by atomic mass is 9.99. The molecule has 0 saturated carbocycles. The van der Waals surface area contributed by atoms with Crippen LogP contribution in [0.2, 0.25) is 0 Å². The summed E-state index contributed by atoms with van der Waals surface area (Å²) in [4.78, 5) is 27.5. The lowest BCUT2D eigenvalue weighted by Crippen LogP contribution is -2.29. The number of aliphatic hydroxyl groups excluding tert-OH is 1. The van der Waals surface area contributed by atoms with Crippen LogP contribution in [0, 0.1) is 18.3 Å². The van der Waals surface area contributed by atoms with Crippen molar-refractivity contribution in [3.05, 3.63) is 88.9 Å². The zero-order valence-corrected chi connectivity index (χ0v) is 18.4. The zero-order chi connectivity index (χ0) is 23.7. The highest BCUT2D eigenvalue weighted by Gasteiger charge is 2.48. The molecule has 3 aromatic rings. The quantitative estimate of drug-likeness (QED) is 0.343. The van der Waals surface area contributed by atoms with Crippen molar-refractivity contribution in [1.82, 2.24) is 0 Å². The summed E-state index contributed by atoms with van der Waals surface area (Å²) in [6, 6.07) is 17.4. The number of carbonyl (C=O) groups is 2. The fraction of sp³-hybridized carbons (Fsp3) is 0.192. The molecule has 0 bridgehead atoms. The number of aliphatic hydroxyl groups is 1. The second-order valence-electron chi connectivity index (χ2n) is 7.97. The van der Waals surface area contributed by atoms with Gasteiger partial charge in [0, 0.05) is 11.3 Å². The summed E-state index contributed by atoms with van der Waals surface area (Å²) in [6.07, 6.45) is -0.00983. The van der Waals surface area contributed by atoms with Gasteiger partial charge in [-0.3, -0.25) is 14.5 Å². The number of aryl methyl sites for hydroxylation is 1. The Labute approximate surface area is 191 Å². The topological polar surface area (TPSA) is 104 Å². The Morgan fingerprint density at radius 2 is 1.73 bits per heavy atom. The first-order chi connectivity index (χ1) is 15.8. The first-order valence-corrected chi connectivity index (χ1v) is 10.4. The van der Waals surface area contributed by atoms with E-state index < -0.39 is 17.7 Å². The van der Waals surface area contributed by atoms with Gasteiger partial charge >= 0.3 is 0 Å². The van der Waals surface area contributed by atoms with Crippen molar-refractivity contribution in [3.63, 3.8) is 0 Å². The number of nitrogens with zero attached hydrogens (tertiary/aromatic N) is 2. The highest BCUT2D eigenvalue weighted by atomic mass is 16.5. The highest BCUT2D eigenvalue weighted by molar-refractivity contribution is 6.51. The molecular formula is C26H22N2O5. The fourth-order valence-corrected chi connectivity index (χ4v) is 3.78. The molecule has 1 N–H and O–H groups in total. The van der Waals surface area contributed by atoms with Crippen LogP contribution in [-0.4, -0.2) is 22.9 Å². The van der Waals surface area contributed by atoms with Crippen molar-refractivity contribution in [2.24, 2.45) is 0 Å². The molecule has 1 aliphatic rings. The molecule has 1 atom stereocenters. The maximum Gasteiger partial charge on any atom is 0.300 e. The van der Waals surface area contributed by atoms with Gasteiger partial charge in [-0.1, -0.05) is 0 Å². The SMILES string of the molecule is Cc1ccc(C2/C(=C(/O)c3ccc(OC(C)C)cc3)C(=O)C(=O)N2c2ccc(C#N)cc2)o1. The number of carbonyl (C=O) groups excluding carboxylic acids is 2. The monoisotopic (exact) mass is 442 g/mol. The van der Waals surface area contributed by atoms with E-state index in [0.717, 1.165) is 0 Å². The molecule has 1 unspecified atom stereocenters. The molecule has 7 nitrogen and oxygen atoms in total. The van der Waals surface area contributed by atoms with Crippen molar-refractivity contribution >= 4 is 23.1 Å². The molecule has 2 heterocycles. The molecular weight excluding hydrogens is 420 g/mol. The molecule has 4 rings (SSSR count). The van der Waals surface area contributed by atoms with Crippen LogP contribution in [0.1, 0.15) is 42.5 Å². The van der Waals surface area contributed by atoms with Crippen molar-refractivity contribution in [2.45, 2.75) is 32.9 Å². The number of nitriles is 1. The van der Waals surface area contributed by atoms with Gasteiger partial charge in [-0.05, 0) is 81.4 Å². The Hall–Kier alpha value is -4.31. The molecule has 2 aromatic carbocycles. The number of furan rings is 1. The molecule has 33 heavy (non-hydrogen) atoms. The lowest BCUT2D eigenvalue weighted by molar-refractivity contribution is -0.132. The Kier molecular flexibility index (Phi) is 5.76. The van der Waals surface area contributed by atoms with Crippen molar-refractivity contribution < 1.29 is 23.8 Å². The molecule has 1 aromatic heterocycles. The minimum absolute atomic E-state index is 0.00983. The van der Waals surface area contributed by atoms with Crippen molar-refractivity contribution in [1.29, 1.82) is 5.26 Å². The van der Waals surface area contributed by atoms with Crippen LogP contribution in [0.25, 0.3) is 5.76 Å². The number of hydrogen-bond acceptors (Lipinski definition) is 6. The number of amides is 1. The van der Waals surface area contributed by atoms with E-state index in [9.17, 15) is 14.7 Å². The summed E-state index contributed by atoms with van der Waals surface area (Å²) in [5.74, 6) is -0.348. The molecule has 0 spiro atoms. The molecule has 1 fully saturated rings. The van der Waals surface area contributed by atoms with Crippen LogP contribution in [0.5, 0.6) is 5.75 Å². The third kappa shape index (κ3) is 4.11. The molecule has 0 radical (unpaired) electrons. The van der Waals surface area contributed by atoms with E-state index >= 15 is 0 Å². The zero-order valence-electron chi connectivity index (χ0n) is 18.4. The standard InChI is InChI=1S/C26H22N2O5/c1-15(2)32-20-11-7-18(8-12-20)24(29)22-23(21-13-4-16(3)33-21)28(26(31)25(22)30)19-9-5-17(14-27)6-10-19/h4-13,15,23,29H,1-3H3/b24-22-. The van der Waals surface area contributed by atoms with Crippen LogP contribution in [-0.2, 0) is 9.59 Å². The predicted octanol–water partition coefficient (Wildman–Crippen LogP) is 4.87. The van der Waals surface area contributed by atoms with Gasteiger partial charge in [-0.15, -0.1) is 0 Å². The third-order valence-electron chi connectivity index (χ3n) is 5.25. The van der Waals surface area contributed by atoms with Crippen LogP contribution in [0.4, 0.5) is 5.69 Å². The Morgan fingerprint density at radius 1 is 1.06 bits per heavy atom. The summed E-state index contributed by atoms with van der Waals surface area (Å²) < 4.78 is 11.4. The minimum Gasteiger partial charge on any atom is -0.507 e. The van der Waals surface area contributed by atoms with Crippen LogP contribution in [0.15, 0.2) is 70.7 Å². The van der Waals surface area contributed by atoms with E-state index in [1.54, 1.807) is 67.6 Å². The molecule has 166 valence electrons. The number of anilines is 1. The fourth-order valence-electron chi connectivity index (χ4n) is 3.78. The normalized spacial score (nSPS) is 17.4. The van der Waals surface area contributed by atoms with E-state index in [1.807, 2.05) is 19.9 Å². The first kappa shape index (κ1) is 21.9. The van der Waals surface area contributed by atoms with E-state index in [2.05, 4.69) is 0 Å². The summed E-state index contributed by atoms with van der Waals surface area (Å²) in [6.45, 7) is 5.57. The number of ketones is 1. The maximum absolute atomic E-state index is 13.1. The van der Waals surface area contributed by atoms with Crippen LogP contribution >= 0.6 is 0 Å². The second kappa shape index (κ2) is 8.67. The number of hydrogen-bond donors (Lipinski definition) is 1. The number of benzene rings is 2. The molecule has 1 amide bonds. The van der Waals surface area contributed by atoms with Gasteiger partial charge in [-0.2, -0.15) is 5.26 Å². The Morgan fingerprint density at radius 3 is 2.27 bits per heavy atom. The Balaban J connectivity index is 1.84.